The Balaban J connectivity index is 2.33. The molecule has 0 aliphatic heterocycles. The lowest BCUT2D eigenvalue weighted by atomic mass is 9.71. The van der Waals surface area contributed by atoms with Gasteiger partial charge < -0.3 is 21.7 Å². The van der Waals surface area contributed by atoms with Crippen molar-refractivity contribution in [1.82, 2.24) is 0 Å². The maximum absolute atomic E-state index is 9.82. The molecule has 3 aromatic rings. The maximum Gasteiger partial charge on any atom is 0.138 e. The summed E-state index contributed by atoms with van der Waals surface area (Å²) in [7, 11) is 0. The Kier molecular flexibility index (Phi) is 4.76. The number of nitrogen functional groups attached to an aromatic ring is 2. The number of hydrogen-bond acceptors (Lipinski definition) is 4. The van der Waals surface area contributed by atoms with Crippen molar-refractivity contribution in [3.63, 3.8) is 0 Å². The number of benzene rings is 3. The van der Waals surface area contributed by atoms with Gasteiger partial charge in [0.15, 0.2) is 0 Å². The molecule has 4 nitrogen and oxygen atoms in total. The van der Waals surface area contributed by atoms with Crippen LogP contribution in [0, 0.1) is 0 Å². The van der Waals surface area contributed by atoms with Crippen molar-refractivity contribution in [1.29, 1.82) is 0 Å². The maximum atomic E-state index is 9.82. The average molecular weight is 446 g/mol. The summed E-state index contributed by atoms with van der Waals surface area (Å²) in [6.45, 7) is 0. The molecule has 0 atom stereocenters. The van der Waals surface area contributed by atoms with E-state index in [-0.39, 0.29) is 11.5 Å². The van der Waals surface area contributed by atoms with E-state index >= 15 is 0 Å². The summed E-state index contributed by atoms with van der Waals surface area (Å²) >= 11 is 2.35. The fourth-order valence-corrected chi connectivity index (χ4v) is 4.42. The molecule has 128 valence electrons. The van der Waals surface area contributed by atoms with Crippen LogP contribution < -0.4 is 11.5 Å². The highest BCUT2D eigenvalue weighted by atomic mass is 127. The van der Waals surface area contributed by atoms with Crippen LogP contribution in [0.25, 0.3) is 0 Å². The third-order valence-electron chi connectivity index (χ3n) is 4.51. The molecule has 0 unspecified atom stereocenters. The summed E-state index contributed by atoms with van der Waals surface area (Å²) in [5, 5.41) is 19.6. The van der Waals surface area contributed by atoms with Crippen LogP contribution in [0.4, 0.5) is 11.4 Å². The summed E-state index contributed by atoms with van der Waals surface area (Å²) in [6, 6.07) is 20.6. The fourth-order valence-electron chi connectivity index (χ4n) is 3.09. The van der Waals surface area contributed by atoms with Crippen molar-refractivity contribution in [2.75, 3.05) is 15.9 Å². The molecule has 0 saturated carbocycles. The minimum atomic E-state index is -0.508. The molecule has 0 aromatic heterocycles. The summed E-state index contributed by atoms with van der Waals surface area (Å²) < 4.78 is 0.725. The number of hydrogen-bond donors (Lipinski definition) is 4. The third kappa shape index (κ3) is 3.00. The lowest BCUT2D eigenvalue weighted by Gasteiger charge is -2.34. The van der Waals surface area contributed by atoms with Gasteiger partial charge in [-0.1, -0.05) is 65.1 Å². The van der Waals surface area contributed by atoms with Crippen LogP contribution in [-0.2, 0) is 5.41 Å². The minimum Gasteiger partial charge on any atom is -0.506 e. The first kappa shape index (κ1) is 17.4. The summed E-state index contributed by atoms with van der Waals surface area (Å²) in [5.41, 5.74) is 15.1. The number of anilines is 2. The second-order valence-electron chi connectivity index (χ2n) is 5.95. The summed E-state index contributed by atoms with van der Waals surface area (Å²) in [5.74, 6) is 0.119. The topological polar surface area (TPSA) is 92.5 Å². The normalized spacial score (nSPS) is 11.4. The smallest absolute Gasteiger partial charge is 0.138 e. The summed E-state index contributed by atoms with van der Waals surface area (Å²) in [6.07, 6.45) is 0. The number of halogens is 1. The molecule has 0 bridgehead atoms. The molecule has 0 amide bonds. The zero-order chi connectivity index (χ0) is 18.0. The van der Waals surface area contributed by atoms with Crippen LogP contribution in [0.5, 0.6) is 11.5 Å². The molecule has 0 heterocycles. The predicted molar refractivity (Wildman–Crippen MR) is 110 cm³/mol. The standard InChI is InChI=1S/C20H19IN2O2/c21-12-20(13-4-2-1-3-5-13,14-6-8-18(24)16(22)10-14)15-7-9-19(25)17(23)11-15/h1-11,24-25H,12,22-23H2. The highest BCUT2D eigenvalue weighted by Crippen LogP contribution is 2.43. The van der Waals surface area contributed by atoms with Gasteiger partial charge in [-0.15, -0.1) is 0 Å². The van der Waals surface area contributed by atoms with Gasteiger partial charge >= 0.3 is 0 Å². The zero-order valence-corrected chi connectivity index (χ0v) is 15.6. The lowest BCUT2D eigenvalue weighted by molar-refractivity contribution is 0.477. The fraction of sp³-hybridized carbons (Fsp3) is 0.100. The third-order valence-corrected chi connectivity index (χ3v) is 5.65. The Bertz CT molecular complexity index is 846. The molecule has 5 heteroatoms. The largest absolute Gasteiger partial charge is 0.506 e. The second-order valence-corrected chi connectivity index (χ2v) is 6.71. The van der Waals surface area contributed by atoms with Crippen LogP contribution >= 0.6 is 22.6 Å². The number of phenols is 2. The second kappa shape index (κ2) is 6.84. The van der Waals surface area contributed by atoms with E-state index < -0.39 is 5.41 Å². The number of aromatic hydroxyl groups is 2. The zero-order valence-electron chi connectivity index (χ0n) is 13.5. The molecule has 3 aromatic carbocycles. The first-order valence-corrected chi connectivity index (χ1v) is 9.31. The van der Waals surface area contributed by atoms with Crippen molar-refractivity contribution in [3.8, 4) is 11.5 Å². The molecule has 0 aliphatic rings. The quantitative estimate of drug-likeness (QED) is 0.160. The molecule has 0 spiro atoms. The van der Waals surface area contributed by atoms with Crippen LogP contribution in [0.15, 0.2) is 66.7 Å². The molecule has 0 radical (unpaired) electrons. The van der Waals surface area contributed by atoms with Crippen molar-refractivity contribution in [3.05, 3.63) is 83.4 Å². The van der Waals surface area contributed by atoms with Crippen molar-refractivity contribution < 1.29 is 10.2 Å². The Labute approximate surface area is 160 Å². The monoisotopic (exact) mass is 446 g/mol. The molecular formula is C20H19IN2O2. The van der Waals surface area contributed by atoms with Gasteiger partial charge in [-0.05, 0) is 41.0 Å². The first-order chi connectivity index (χ1) is 12.0. The van der Waals surface area contributed by atoms with Crippen molar-refractivity contribution in [2.24, 2.45) is 0 Å². The molecular weight excluding hydrogens is 427 g/mol. The van der Waals surface area contributed by atoms with Crippen molar-refractivity contribution >= 4 is 34.0 Å². The van der Waals surface area contributed by atoms with E-state index in [1.807, 2.05) is 30.3 Å². The van der Waals surface area contributed by atoms with E-state index in [4.69, 9.17) is 11.5 Å². The Morgan fingerprint density at radius 3 is 1.60 bits per heavy atom. The van der Waals surface area contributed by atoms with E-state index in [0.29, 0.717) is 11.4 Å². The van der Waals surface area contributed by atoms with Gasteiger partial charge in [0.05, 0.1) is 16.8 Å². The SMILES string of the molecule is Nc1cc(C(CI)(c2ccccc2)c2ccc(O)c(N)c2)ccc1O. The summed E-state index contributed by atoms with van der Waals surface area (Å²) in [4.78, 5) is 0. The van der Waals surface area contributed by atoms with Crippen LogP contribution in [-0.4, -0.2) is 14.6 Å². The van der Waals surface area contributed by atoms with Crippen LogP contribution in [0.2, 0.25) is 0 Å². The van der Waals surface area contributed by atoms with Gasteiger partial charge in [0.25, 0.3) is 0 Å². The van der Waals surface area contributed by atoms with Crippen molar-refractivity contribution in [2.45, 2.75) is 5.41 Å². The molecule has 0 saturated heterocycles. The number of alkyl halides is 1. The number of nitrogens with two attached hydrogens (primary N) is 2. The van der Waals surface area contributed by atoms with Crippen LogP contribution in [0.3, 0.4) is 0 Å². The Hall–Kier alpha value is -2.41. The van der Waals surface area contributed by atoms with Gasteiger partial charge in [0.2, 0.25) is 0 Å². The van der Waals surface area contributed by atoms with E-state index in [0.717, 1.165) is 21.1 Å². The van der Waals surface area contributed by atoms with Gasteiger partial charge in [0, 0.05) is 4.43 Å². The molecule has 3 rings (SSSR count). The highest BCUT2D eigenvalue weighted by Gasteiger charge is 2.36. The predicted octanol–water partition coefficient (Wildman–Crippen LogP) is 4.03. The average Bonchev–Trinajstić information content (AvgIpc) is 2.63. The lowest BCUT2D eigenvalue weighted by Crippen LogP contribution is -2.31. The number of rotatable bonds is 4. The Morgan fingerprint density at radius 2 is 1.20 bits per heavy atom. The van der Waals surface area contributed by atoms with Gasteiger partial charge in [-0.3, -0.25) is 0 Å². The van der Waals surface area contributed by atoms with Gasteiger partial charge in [-0.2, -0.15) is 0 Å². The van der Waals surface area contributed by atoms with E-state index in [2.05, 4.69) is 34.7 Å². The highest BCUT2D eigenvalue weighted by molar-refractivity contribution is 14.1. The molecule has 25 heavy (non-hydrogen) atoms. The van der Waals surface area contributed by atoms with E-state index in [1.54, 1.807) is 24.3 Å². The number of phenolic OH excluding ortho intramolecular Hbond substituents is 2. The molecule has 0 fully saturated rings. The van der Waals surface area contributed by atoms with Gasteiger partial charge in [0.1, 0.15) is 11.5 Å². The van der Waals surface area contributed by atoms with Crippen LogP contribution in [0.1, 0.15) is 16.7 Å². The Morgan fingerprint density at radius 1 is 0.720 bits per heavy atom. The van der Waals surface area contributed by atoms with E-state index in [9.17, 15) is 10.2 Å². The minimum absolute atomic E-state index is 0.0596. The first-order valence-electron chi connectivity index (χ1n) is 7.78. The molecule has 0 aliphatic carbocycles. The van der Waals surface area contributed by atoms with E-state index in [1.165, 1.54) is 0 Å². The molecule has 6 N–H and O–H groups in total. The van der Waals surface area contributed by atoms with Gasteiger partial charge in [-0.25, -0.2) is 0 Å².